The van der Waals surface area contributed by atoms with E-state index in [0.29, 0.717) is 24.8 Å². The number of benzene rings is 1. The van der Waals surface area contributed by atoms with Gasteiger partial charge in [0, 0.05) is 19.7 Å². The molecule has 3 aromatic rings. The van der Waals surface area contributed by atoms with Gasteiger partial charge in [0.1, 0.15) is 11.5 Å². The van der Waals surface area contributed by atoms with Crippen LogP contribution >= 0.6 is 0 Å². The van der Waals surface area contributed by atoms with Gasteiger partial charge in [-0.1, -0.05) is 22.5 Å². The maximum absolute atomic E-state index is 12.8. The molecule has 0 aliphatic carbocycles. The van der Waals surface area contributed by atoms with Gasteiger partial charge < -0.3 is 9.84 Å². The van der Waals surface area contributed by atoms with E-state index in [9.17, 15) is 4.39 Å². The minimum absolute atomic E-state index is 0.266. The van der Waals surface area contributed by atoms with Gasteiger partial charge in [0.25, 0.3) is 0 Å². The Hall–Kier alpha value is -2.77. The van der Waals surface area contributed by atoms with Crippen LogP contribution in [0.15, 0.2) is 35.0 Å². The number of nitrogens with one attached hydrogen (secondary N) is 1. The van der Waals surface area contributed by atoms with E-state index in [2.05, 4.69) is 25.8 Å². The summed E-state index contributed by atoms with van der Waals surface area (Å²) in [6.45, 7) is 0.450. The molecule has 108 valence electrons. The largest absolute Gasteiger partial charge is 0.332 e. The molecule has 0 bridgehead atoms. The Morgan fingerprint density at radius 3 is 2.81 bits per heavy atom. The number of halogens is 1. The van der Waals surface area contributed by atoms with Gasteiger partial charge in [0.2, 0.25) is 0 Å². The summed E-state index contributed by atoms with van der Waals surface area (Å²) < 4.78 is 19.5. The van der Waals surface area contributed by atoms with Gasteiger partial charge in [0.15, 0.2) is 5.82 Å². The van der Waals surface area contributed by atoms with Crippen molar-refractivity contribution in [2.45, 2.75) is 13.0 Å². The zero-order valence-corrected chi connectivity index (χ0v) is 11.3. The van der Waals surface area contributed by atoms with Crippen molar-refractivity contribution in [3.8, 4) is 0 Å². The van der Waals surface area contributed by atoms with E-state index >= 15 is 0 Å². The highest BCUT2D eigenvalue weighted by Gasteiger charge is 2.08. The van der Waals surface area contributed by atoms with E-state index in [1.165, 1.54) is 12.1 Å². The highest BCUT2D eigenvalue weighted by molar-refractivity contribution is 5.23. The number of rotatable bonds is 5. The van der Waals surface area contributed by atoms with Crippen LogP contribution in [0.3, 0.4) is 0 Å². The Bertz CT molecular complexity index is 720. The fourth-order valence-electron chi connectivity index (χ4n) is 1.82. The number of aryl methyl sites for hydroxylation is 1. The Morgan fingerprint density at radius 2 is 2.10 bits per heavy atom. The lowest BCUT2D eigenvalue weighted by Crippen LogP contribution is -2.00. The van der Waals surface area contributed by atoms with Crippen molar-refractivity contribution in [2.24, 2.45) is 7.05 Å². The quantitative estimate of drug-likeness (QED) is 0.767. The van der Waals surface area contributed by atoms with Crippen LogP contribution in [0.25, 0.3) is 0 Å². The molecule has 0 saturated carbocycles. The summed E-state index contributed by atoms with van der Waals surface area (Å²) in [5, 5.41) is 14.6. The van der Waals surface area contributed by atoms with E-state index in [0.717, 1.165) is 11.3 Å². The minimum Gasteiger partial charge on any atom is -0.332 e. The van der Waals surface area contributed by atoms with E-state index < -0.39 is 0 Å². The van der Waals surface area contributed by atoms with Crippen LogP contribution in [-0.2, 0) is 20.0 Å². The van der Waals surface area contributed by atoms with E-state index in [-0.39, 0.29) is 5.82 Å². The van der Waals surface area contributed by atoms with Crippen LogP contribution in [0.5, 0.6) is 0 Å². The van der Waals surface area contributed by atoms with Crippen molar-refractivity contribution < 1.29 is 8.91 Å². The predicted molar refractivity (Wildman–Crippen MR) is 71.8 cm³/mol. The number of nitrogens with zero attached hydrogens (tertiary/aromatic N) is 5. The van der Waals surface area contributed by atoms with Crippen molar-refractivity contribution in [3.05, 3.63) is 53.4 Å². The van der Waals surface area contributed by atoms with E-state index in [1.54, 1.807) is 30.1 Å². The molecule has 0 atom stereocenters. The molecule has 0 unspecified atom stereocenters. The van der Waals surface area contributed by atoms with Gasteiger partial charge in [-0.3, -0.25) is 4.68 Å². The molecule has 0 aliphatic heterocycles. The lowest BCUT2D eigenvalue weighted by molar-refractivity contribution is 0.423. The fraction of sp³-hybridized carbons (Fsp3) is 0.231. The second-order valence-corrected chi connectivity index (χ2v) is 4.56. The maximum Gasteiger partial charge on any atom is 0.321 e. The molecular formula is C13H13FN6O. The zero-order valence-electron chi connectivity index (χ0n) is 11.3. The van der Waals surface area contributed by atoms with E-state index in [1.807, 2.05) is 0 Å². The summed E-state index contributed by atoms with van der Waals surface area (Å²) in [5.41, 5.74) is 1.69. The predicted octanol–water partition coefficient (Wildman–Crippen LogP) is 1.54. The summed E-state index contributed by atoms with van der Waals surface area (Å²) in [4.78, 5) is 4.21. The highest BCUT2D eigenvalue weighted by Crippen LogP contribution is 2.11. The lowest BCUT2D eigenvalue weighted by Gasteiger charge is -1.96. The van der Waals surface area contributed by atoms with Gasteiger partial charge in [-0.05, 0) is 17.7 Å². The summed E-state index contributed by atoms with van der Waals surface area (Å²) in [6.07, 6.45) is 2.28. The second kappa shape index (κ2) is 5.70. The Balaban J connectivity index is 1.59. The first-order valence-corrected chi connectivity index (χ1v) is 6.35. The van der Waals surface area contributed by atoms with Crippen molar-refractivity contribution in [1.29, 1.82) is 0 Å². The molecule has 0 amide bonds. The maximum atomic E-state index is 12.8. The Labute approximate surface area is 119 Å². The first-order chi connectivity index (χ1) is 10.2. The van der Waals surface area contributed by atoms with Gasteiger partial charge in [-0.2, -0.15) is 4.98 Å². The molecule has 1 aromatic carbocycles. The van der Waals surface area contributed by atoms with Crippen molar-refractivity contribution in [2.75, 3.05) is 5.32 Å². The van der Waals surface area contributed by atoms with Crippen LogP contribution in [0, 0.1) is 5.82 Å². The second-order valence-electron chi connectivity index (χ2n) is 4.56. The van der Waals surface area contributed by atoms with Crippen molar-refractivity contribution >= 4 is 6.01 Å². The summed E-state index contributed by atoms with van der Waals surface area (Å²) >= 11 is 0. The zero-order chi connectivity index (χ0) is 14.7. The smallest absolute Gasteiger partial charge is 0.321 e. The molecule has 0 aliphatic rings. The van der Waals surface area contributed by atoms with Crippen molar-refractivity contribution in [1.82, 2.24) is 25.1 Å². The summed E-state index contributed by atoms with van der Waals surface area (Å²) in [6, 6.07) is 6.51. The third-order valence-electron chi connectivity index (χ3n) is 2.81. The monoisotopic (exact) mass is 288 g/mol. The normalized spacial score (nSPS) is 10.8. The van der Waals surface area contributed by atoms with Crippen LogP contribution in [-0.4, -0.2) is 25.1 Å². The highest BCUT2D eigenvalue weighted by atomic mass is 19.1. The van der Waals surface area contributed by atoms with Crippen LogP contribution in [0.4, 0.5) is 10.4 Å². The molecule has 7 nitrogen and oxygen atoms in total. The molecule has 3 rings (SSSR count). The number of aromatic nitrogens is 5. The van der Waals surface area contributed by atoms with Crippen LogP contribution < -0.4 is 5.32 Å². The SMILES string of the molecule is Cn1cc(CNc2nc(Cc3ccc(F)cc3)no2)nn1. The third kappa shape index (κ3) is 3.41. The van der Waals surface area contributed by atoms with Crippen LogP contribution in [0.2, 0.25) is 0 Å². The molecule has 21 heavy (non-hydrogen) atoms. The number of hydrogen-bond donors (Lipinski definition) is 1. The minimum atomic E-state index is -0.266. The summed E-state index contributed by atoms with van der Waals surface area (Å²) in [5.74, 6) is 0.265. The molecule has 0 fully saturated rings. The average Bonchev–Trinajstić information content (AvgIpc) is 3.08. The summed E-state index contributed by atoms with van der Waals surface area (Å²) in [7, 11) is 1.80. The van der Waals surface area contributed by atoms with Crippen LogP contribution in [0.1, 0.15) is 17.1 Å². The fourth-order valence-corrected chi connectivity index (χ4v) is 1.82. The molecule has 0 saturated heterocycles. The number of anilines is 1. The molecule has 8 heteroatoms. The lowest BCUT2D eigenvalue weighted by atomic mass is 10.1. The topological polar surface area (TPSA) is 81.7 Å². The molecule has 2 heterocycles. The molecule has 0 spiro atoms. The van der Waals surface area contributed by atoms with Gasteiger partial charge in [-0.15, -0.1) is 5.10 Å². The van der Waals surface area contributed by atoms with Gasteiger partial charge >= 0.3 is 6.01 Å². The van der Waals surface area contributed by atoms with Crippen molar-refractivity contribution in [3.63, 3.8) is 0 Å². The Kier molecular flexibility index (Phi) is 3.59. The first-order valence-electron chi connectivity index (χ1n) is 6.35. The molecule has 1 N–H and O–H groups in total. The van der Waals surface area contributed by atoms with E-state index in [4.69, 9.17) is 4.52 Å². The standard InChI is InChI=1S/C13H13FN6O/c1-20-8-11(17-19-20)7-15-13-16-12(18-21-13)6-9-2-4-10(14)5-3-9/h2-5,8H,6-7H2,1H3,(H,15,16,18). The average molecular weight is 288 g/mol. The number of hydrogen-bond acceptors (Lipinski definition) is 6. The molecular weight excluding hydrogens is 275 g/mol. The van der Waals surface area contributed by atoms with Gasteiger partial charge in [-0.25, -0.2) is 4.39 Å². The molecule has 2 aromatic heterocycles. The Morgan fingerprint density at radius 1 is 1.29 bits per heavy atom. The van der Waals surface area contributed by atoms with Gasteiger partial charge in [0.05, 0.1) is 6.54 Å². The molecule has 0 radical (unpaired) electrons. The first kappa shape index (κ1) is 13.2. The third-order valence-corrected chi connectivity index (χ3v) is 2.81.